The number of nitrogens with one attached hydrogen (secondary N) is 2. The van der Waals surface area contributed by atoms with E-state index in [4.69, 9.17) is 9.63 Å². The molecule has 1 saturated carbocycles. The van der Waals surface area contributed by atoms with Crippen LogP contribution in [0.25, 0.3) is 17.3 Å². The Labute approximate surface area is 218 Å². The van der Waals surface area contributed by atoms with Gasteiger partial charge in [0.05, 0.1) is 29.5 Å². The number of unbranched alkanes of at least 4 members (excludes halogenated alkanes) is 2. The van der Waals surface area contributed by atoms with E-state index in [2.05, 4.69) is 35.7 Å². The molecule has 12 heteroatoms. The van der Waals surface area contributed by atoms with Gasteiger partial charge < -0.3 is 20.3 Å². The van der Waals surface area contributed by atoms with Crippen LogP contribution in [0.15, 0.2) is 35.4 Å². The fraction of sp³-hybridized carbons (Fsp3) is 0.423. The second kappa shape index (κ2) is 11.4. The van der Waals surface area contributed by atoms with Crippen LogP contribution in [-0.2, 0) is 11.2 Å². The summed E-state index contributed by atoms with van der Waals surface area (Å²) in [7, 11) is 0. The highest BCUT2D eigenvalue weighted by molar-refractivity contribution is 6.00. The number of pyridine rings is 1. The zero-order chi connectivity index (χ0) is 26.5. The van der Waals surface area contributed by atoms with Gasteiger partial charge in [-0.1, -0.05) is 24.4 Å². The molecule has 0 unspecified atom stereocenters. The summed E-state index contributed by atoms with van der Waals surface area (Å²) in [6.45, 7) is 1.86. The number of nitrogens with zero attached hydrogens (tertiary/aromatic N) is 6. The maximum Gasteiger partial charge on any atom is 0.323 e. The fourth-order valence-corrected chi connectivity index (χ4v) is 4.95. The molecule has 0 atom stereocenters. The summed E-state index contributed by atoms with van der Waals surface area (Å²) in [5.74, 6) is 1.04. The van der Waals surface area contributed by atoms with Crippen LogP contribution < -0.4 is 10.6 Å². The molecule has 198 valence electrons. The lowest BCUT2D eigenvalue weighted by Gasteiger charge is -2.18. The Balaban J connectivity index is 1.22. The van der Waals surface area contributed by atoms with E-state index in [0.29, 0.717) is 53.3 Å². The van der Waals surface area contributed by atoms with Gasteiger partial charge in [0.2, 0.25) is 17.5 Å². The molecule has 12 nitrogen and oxygen atoms in total. The molecule has 0 spiro atoms. The van der Waals surface area contributed by atoms with Gasteiger partial charge in [0.15, 0.2) is 0 Å². The SMILES string of the molecule is Cc1cc(NC(=O)Nc2cnc3nccn3c2C2CCCC2)cnc1-c1noc(CCCCCC(=O)O)n1. The lowest BCUT2D eigenvalue weighted by atomic mass is 10.0. The molecule has 1 aliphatic carbocycles. The maximum absolute atomic E-state index is 12.9. The van der Waals surface area contributed by atoms with Crippen molar-refractivity contribution in [3.63, 3.8) is 0 Å². The maximum atomic E-state index is 12.9. The molecular formula is C26H30N8O4. The van der Waals surface area contributed by atoms with E-state index in [1.54, 1.807) is 24.7 Å². The predicted octanol–water partition coefficient (Wildman–Crippen LogP) is 4.97. The van der Waals surface area contributed by atoms with Gasteiger partial charge in [-0.3, -0.25) is 14.2 Å². The highest BCUT2D eigenvalue weighted by Gasteiger charge is 2.24. The number of amides is 2. The number of imidazole rings is 1. The average Bonchev–Trinajstić information content (AvgIpc) is 3.66. The molecule has 4 aromatic rings. The first-order chi connectivity index (χ1) is 18.5. The molecule has 0 saturated heterocycles. The quantitative estimate of drug-likeness (QED) is 0.246. The molecule has 2 amide bonds. The van der Waals surface area contributed by atoms with Crippen molar-refractivity contribution in [3.05, 3.63) is 48.0 Å². The summed E-state index contributed by atoms with van der Waals surface area (Å²) in [6.07, 6.45) is 14.2. The Kier molecular flexibility index (Phi) is 7.57. The van der Waals surface area contributed by atoms with Crippen molar-refractivity contribution in [3.8, 4) is 11.5 Å². The van der Waals surface area contributed by atoms with Crippen molar-refractivity contribution < 1.29 is 19.2 Å². The number of aliphatic carboxylic acids is 1. The first-order valence-corrected chi connectivity index (χ1v) is 12.9. The number of rotatable bonds is 10. The minimum atomic E-state index is -0.788. The number of anilines is 2. The van der Waals surface area contributed by atoms with Gasteiger partial charge in [-0.05, 0) is 44.2 Å². The number of carboxylic acids is 1. The molecule has 4 aromatic heterocycles. The Morgan fingerprint density at radius 2 is 1.95 bits per heavy atom. The monoisotopic (exact) mass is 518 g/mol. The summed E-state index contributed by atoms with van der Waals surface area (Å²) in [5, 5.41) is 18.6. The van der Waals surface area contributed by atoms with E-state index < -0.39 is 5.97 Å². The van der Waals surface area contributed by atoms with Gasteiger partial charge in [-0.25, -0.2) is 14.8 Å². The van der Waals surface area contributed by atoms with Crippen molar-refractivity contribution in [1.29, 1.82) is 0 Å². The van der Waals surface area contributed by atoms with Gasteiger partial charge in [0, 0.05) is 31.2 Å². The molecule has 3 N–H and O–H groups in total. The number of hydrogen-bond acceptors (Lipinski definition) is 8. The number of urea groups is 1. The van der Waals surface area contributed by atoms with Crippen molar-refractivity contribution in [2.24, 2.45) is 0 Å². The number of carboxylic acid groups (broad SMARTS) is 1. The van der Waals surface area contributed by atoms with Gasteiger partial charge in [-0.15, -0.1) is 0 Å². The van der Waals surface area contributed by atoms with Gasteiger partial charge in [0.25, 0.3) is 0 Å². The lowest BCUT2D eigenvalue weighted by molar-refractivity contribution is -0.137. The van der Waals surface area contributed by atoms with E-state index >= 15 is 0 Å². The molecule has 1 fully saturated rings. The van der Waals surface area contributed by atoms with Crippen LogP contribution in [0.4, 0.5) is 16.2 Å². The van der Waals surface area contributed by atoms with Crippen molar-refractivity contribution in [2.75, 3.05) is 10.6 Å². The largest absolute Gasteiger partial charge is 0.481 e. The molecular weight excluding hydrogens is 488 g/mol. The minimum Gasteiger partial charge on any atom is -0.481 e. The van der Waals surface area contributed by atoms with Crippen molar-refractivity contribution >= 4 is 29.2 Å². The number of carbonyl (C=O) groups is 2. The van der Waals surface area contributed by atoms with Crippen LogP contribution in [0.2, 0.25) is 0 Å². The van der Waals surface area contributed by atoms with E-state index in [-0.39, 0.29) is 12.5 Å². The zero-order valence-electron chi connectivity index (χ0n) is 21.2. The zero-order valence-corrected chi connectivity index (χ0v) is 21.2. The summed E-state index contributed by atoms with van der Waals surface area (Å²) in [4.78, 5) is 41.0. The molecule has 0 aromatic carbocycles. The highest BCUT2D eigenvalue weighted by atomic mass is 16.5. The van der Waals surface area contributed by atoms with Crippen LogP contribution in [0, 0.1) is 6.92 Å². The summed E-state index contributed by atoms with van der Waals surface area (Å²) in [6, 6.07) is 1.42. The van der Waals surface area contributed by atoms with Crippen molar-refractivity contribution in [1.82, 2.24) is 29.5 Å². The van der Waals surface area contributed by atoms with Gasteiger partial charge in [-0.2, -0.15) is 4.98 Å². The van der Waals surface area contributed by atoms with Crippen LogP contribution in [0.1, 0.15) is 74.4 Å². The lowest BCUT2D eigenvalue weighted by Crippen LogP contribution is -2.22. The second-order valence-corrected chi connectivity index (χ2v) is 9.57. The average molecular weight is 519 g/mol. The van der Waals surface area contributed by atoms with Gasteiger partial charge >= 0.3 is 12.0 Å². The first kappa shape index (κ1) is 25.3. The number of fused-ring (bicyclic) bond motifs is 1. The topological polar surface area (TPSA) is 160 Å². The molecule has 0 radical (unpaired) electrons. The Bertz CT molecular complexity index is 1440. The number of hydrogen-bond donors (Lipinski definition) is 3. The van der Waals surface area contributed by atoms with Crippen molar-refractivity contribution in [2.45, 2.75) is 70.6 Å². The van der Waals surface area contributed by atoms with E-state index in [0.717, 1.165) is 36.9 Å². The molecule has 1 aliphatic rings. The van der Waals surface area contributed by atoms with Crippen LogP contribution in [0.5, 0.6) is 0 Å². The van der Waals surface area contributed by atoms with Crippen LogP contribution in [-0.4, -0.2) is 46.6 Å². The highest BCUT2D eigenvalue weighted by Crippen LogP contribution is 2.37. The molecule has 4 heterocycles. The molecule has 5 rings (SSSR count). The van der Waals surface area contributed by atoms with Crippen LogP contribution in [0.3, 0.4) is 0 Å². The summed E-state index contributed by atoms with van der Waals surface area (Å²) < 4.78 is 7.29. The van der Waals surface area contributed by atoms with E-state index in [1.807, 2.05) is 17.5 Å². The third kappa shape index (κ3) is 5.79. The second-order valence-electron chi connectivity index (χ2n) is 9.57. The molecule has 0 aliphatic heterocycles. The predicted molar refractivity (Wildman–Crippen MR) is 139 cm³/mol. The summed E-state index contributed by atoms with van der Waals surface area (Å²) >= 11 is 0. The normalized spacial score (nSPS) is 13.7. The van der Waals surface area contributed by atoms with Gasteiger partial charge in [0.1, 0.15) is 5.69 Å². The molecule has 0 bridgehead atoms. The number of aryl methyl sites for hydroxylation is 2. The van der Waals surface area contributed by atoms with E-state index in [1.165, 1.54) is 12.8 Å². The smallest absolute Gasteiger partial charge is 0.323 e. The van der Waals surface area contributed by atoms with Crippen LogP contribution >= 0.6 is 0 Å². The minimum absolute atomic E-state index is 0.162. The standard InChI is InChI=1S/C26H30N8O4/c1-16-13-18(14-28-22(16)24-32-20(38-33-24)9-3-2-4-10-21(35)36)30-26(37)31-19-15-29-25-27-11-12-34(25)23(19)17-7-5-6-8-17/h11-15,17H,2-10H2,1H3,(H,35,36)(H2,30,31,37). The summed E-state index contributed by atoms with van der Waals surface area (Å²) in [5.41, 5.74) is 3.58. The third-order valence-electron chi connectivity index (χ3n) is 6.75. The first-order valence-electron chi connectivity index (χ1n) is 12.9. The van der Waals surface area contributed by atoms with E-state index in [9.17, 15) is 9.59 Å². The number of aromatic nitrogens is 6. The Hall–Kier alpha value is -4.35. The molecule has 38 heavy (non-hydrogen) atoms. The number of carbonyl (C=O) groups excluding carboxylic acids is 1. The fourth-order valence-electron chi connectivity index (χ4n) is 4.95. The Morgan fingerprint density at radius 1 is 1.11 bits per heavy atom. The third-order valence-corrected chi connectivity index (χ3v) is 6.75. The Morgan fingerprint density at radius 3 is 2.74 bits per heavy atom.